The van der Waals surface area contributed by atoms with Crippen LogP contribution in [0.15, 0.2) is 60.7 Å². The summed E-state index contributed by atoms with van der Waals surface area (Å²) in [6.45, 7) is 2.26. The molecular formula is C30H38O3. The van der Waals surface area contributed by atoms with Crippen LogP contribution in [0.1, 0.15) is 81.4 Å². The Morgan fingerprint density at radius 3 is 1.82 bits per heavy atom. The minimum absolute atomic E-state index is 0.262. The van der Waals surface area contributed by atoms with Gasteiger partial charge in [-0.05, 0) is 35.6 Å². The van der Waals surface area contributed by atoms with Gasteiger partial charge in [-0.1, -0.05) is 113 Å². The van der Waals surface area contributed by atoms with E-state index in [2.05, 4.69) is 19.1 Å². The Labute approximate surface area is 198 Å². The van der Waals surface area contributed by atoms with Gasteiger partial charge in [0, 0.05) is 17.5 Å². The summed E-state index contributed by atoms with van der Waals surface area (Å²) in [6, 6.07) is 19.7. The van der Waals surface area contributed by atoms with Gasteiger partial charge in [0.15, 0.2) is 11.5 Å². The predicted molar refractivity (Wildman–Crippen MR) is 137 cm³/mol. The van der Waals surface area contributed by atoms with Crippen molar-refractivity contribution in [2.75, 3.05) is 0 Å². The molecule has 176 valence electrons. The number of aromatic hydroxyl groups is 3. The predicted octanol–water partition coefficient (Wildman–Crippen LogP) is 8.13. The molecule has 0 aliphatic heterocycles. The molecule has 0 atom stereocenters. The second-order valence-electron chi connectivity index (χ2n) is 9.07. The van der Waals surface area contributed by atoms with Gasteiger partial charge in [-0.15, -0.1) is 0 Å². The van der Waals surface area contributed by atoms with Gasteiger partial charge in [-0.2, -0.15) is 0 Å². The number of rotatable bonds is 13. The van der Waals surface area contributed by atoms with E-state index in [1.54, 1.807) is 6.07 Å². The number of unbranched alkanes of at least 4 members (excludes halogenated alkanes) is 8. The van der Waals surface area contributed by atoms with Crippen LogP contribution in [0.25, 0.3) is 11.1 Å². The van der Waals surface area contributed by atoms with Crippen molar-refractivity contribution in [3.63, 3.8) is 0 Å². The van der Waals surface area contributed by atoms with Crippen molar-refractivity contribution in [3.05, 3.63) is 77.4 Å². The van der Waals surface area contributed by atoms with Crippen LogP contribution in [0.4, 0.5) is 0 Å². The third-order valence-electron chi connectivity index (χ3n) is 6.40. The Morgan fingerprint density at radius 1 is 0.576 bits per heavy atom. The van der Waals surface area contributed by atoms with Gasteiger partial charge in [0.2, 0.25) is 5.75 Å². The smallest absolute Gasteiger partial charge is 0.201 e. The Balaban J connectivity index is 1.57. The zero-order chi connectivity index (χ0) is 23.5. The highest BCUT2D eigenvalue weighted by Crippen LogP contribution is 2.45. The molecular weight excluding hydrogens is 408 g/mol. The first-order valence-electron chi connectivity index (χ1n) is 12.5. The number of aryl methyl sites for hydroxylation is 1. The Hall–Kier alpha value is -2.94. The van der Waals surface area contributed by atoms with E-state index in [1.807, 2.05) is 42.5 Å². The highest BCUT2D eigenvalue weighted by Gasteiger charge is 2.18. The Kier molecular flexibility index (Phi) is 9.68. The lowest BCUT2D eigenvalue weighted by atomic mass is 9.95. The summed E-state index contributed by atoms with van der Waals surface area (Å²) in [6.07, 6.45) is 13.5. The summed E-state index contributed by atoms with van der Waals surface area (Å²) in [7, 11) is 0. The quantitative estimate of drug-likeness (QED) is 0.183. The van der Waals surface area contributed by atoms with Gasteiger partial charge in [0.1, 0.15) is 0 Å². The fourth-order valence-corrected chi connectivity index (χ4v) is 4.36. The van der Waals surface area contributed by atoms with E-state index in [4.69, 9.17) is 0 Å². The van der Waals surface area contributed by atoms with Crippen LogP contribution in [0.3, 0.4) is 0 Å². The molecule has 0 spiro atoms. The van der Waals surface area contributed by atoms with E-state index in [0.717, 1.165) is 17.5 Å². The van der Waals surface area contributed by atoms with Gasteiger partial charge in [-0.3, -0.25) is 0 Å². The van der Waals surface area contributed by atoms with Gasteiger partial charge >= 0.3 is 0 Å². The number of benzene rings is 3. The van der Waals surface area contributed by atoms with Crippen LogP contribution in [0, 0.1) is 0 Å². The lowest BCUT2D eigenvalue weighted by molar-refractivity contribution is 0.366. The topological polar surface area (TPSA) is 60.7 Å². The minimum atomic E-state index is -0.461. The Bertz CT molecular complexity index is 978. The van der Waals surface area contributed by atoms with Gasteiger partial charge < -0.3 is 15.3 Å². The molecule has 3 aromatic rings. The van der Waals surface area contributed by atoms with Gasteiger partial charge in [-0.25, -0.2) is 0 Å². The molecule has 3 rings (SSSR count). The van der Waals surface area contributed by atoms with Crippen LogP contribution in [0.2, 0.25) is 0 Å². The number of phenols is 3. The second kappa shape index (κ2) is 12.9. The maximum Gasteiger partial charge on any atom is 0.201 e. The summed E-state index contributed by atoms with van der Waals surface area (Å²) < 4.78 is 0. The average Bonchev–Trinajstić information content (AvgIpc) is 2.84. The van der Waals surface area contributed by atoms with E-state index >= 15 is 0 Å². The first-order chi connectivity index (χ1) is 16.1. The van der Waals surface area contributed by atoms with Gasteiger partial charge in [0.25, 0.3) is 0 Å². The molecule has 3 N–H and O–H groups in total. The Morgan fingerprint density at radius 2 is 1.18 bits per heavy atom. The summed E-state index contributed by atoms with van der Waals surface area (Å²) in [5.41, 5.74) is 4.26. The van der Waals surface area contributed by atoms with E-state index in [0.29, 0.717) is 17.5 Å². The molecule has 0 bridgehead atoms. The fraction of sp³-hybridized carbons (Fsp3) is 0.400. The van der Waals surface area contributed by atoms with Gasteiger partial charge in [0.05, 0.1) is 0 Å². The maximum atomic E-state index is 10.5. The average molecular weight is 447 g/mol. The SMILES string of the molecule is CCCCCCCCCCCc1ccc(-c2cc(Cc3ccccc3)c(O)c(O)c2O)cc1. The minimum Gasteiger partial charge on any atom is -0.504 e. The highest BCUT2D eigenvalue weighted by atomic mass is 16.3. The third kappa shape index (κ3) is 7.28. The van der Waals surface area contributed by atoms with E-state index < -0.39 is 5.75 Å². The molecule has 0 unspecified atom stereocenters. The third-order valence-corrected chi connectivity index (χ3v) is 6.40. The fourth-order valence-electron chi connectivity index (χ4n) is 4.36. The number of phenolic OH excluding ortho intramolecular Hbond substituents is 3. The van der Waals surface area contributed by atoms with Crippen LogP contribution < -0.4 is 0 Å². The van der Waals surface area contributed by atoms with E-state index in [9.17, 15) is 15.3 Å². The lowest BCUT2D eigenvalue weighted by Gasteiger charge is -2.13. The van der Waals surface area contributed by atoms with Crippen LogP contribution in [0.5, 0.6) is 17.2 Å². The molecule has 3 heteroatoms. The molecule has 0 aliphatic carbocycles. The summed E-state index contributed by atoms with van der Waals surface area (Å²) in [5, 5.41) is 31.1. The van der Waals surface area contributed by atoms with Crippen molar-refractivity contribution < 1.29 is 15.3 Å². The van der Waals surface area contributed by atoms with Crippen LogP contribution in [-0.2, 0) is 12.8 Å². The molecule has 0 heterocycles. The van der Waals surface area contributed by atoms with Crippen molar-refractivity contribution in [2.45, 2.75) is 77.6 Å². The normalized spacial score (nSPS) is 11.1. The van der Waals surface area contributed by atoms with Crippen molar-refractivity contribution in [1.29, 1.82) is 0 Å². The molecule has 0 aromatic heterocycles. The second-order valence-corrected chi connectivity index (χ2v) is 9.07. The zero-order valence-electron chi connectivity index (χ0n) is 19.9. The van der Waals surface area contributed by atoms with Crippen LogP contribution in [-0.4, -0.2) is 15.3 Å². The first kappa shape index (κ1) is 24.7. The van der Waals surface area contributed by atoms with E-state index in [-0.39, 0.29) is 11.5 Å². The molecule has 0 radical (unpaired) electrons. The molecule has 0 saturated carbocycles. The van der Waals surface area contributed by atoms with Crippen molar-refractivity contribution >= 4 is 0 Å². The molecule has 0 aliphatic rings. The van der Waals surface area contributed by atoms with E-state index in [1.165, 1.54) is 63.4 Å². The molecule has 0 fully saturated rings. The molecule has 0 amide bonds. The summed E-state index contributed by atoms with van der Waals surface area (Å²) in [4.78, 5) is 0. The lowest BCUT2D eigenvalue weighted by Crippen LogP contribution is -1.92. The standard InChI is InChI=1S/C30H38O3/c1-2-3-4-5-6-7-8-9-11-14-23-17-19-25(20-18-23)27-22-26(28(31)30(33)29(27)32)21-24-15-12-10-13-16-24/h10,12-13,15-20,22,31-33H,2-9,11,14,21H2,1H3. The molecule has 33 heavy (non-hydrogen) atoms. The monoisotopic (exact) mass is 446 g/mol. The number of hydrogen-bond acceptors (Lipinski definition) is 3. The summed E-state index contributed by atoms with van der Waals surface area (Å²) >= 11 is 0. The highest BCUT2D eigenvalue weighted by molar-refractivity contribution is 5.77. The summed E-state index contributed by atoms with van der Waals surface area (Å²) in [5.74, 6) is -1.00. The molecule has 3 aromatic carbocycles. The first-order valence-corrected chi connectivity index (χ1v) is 12.5. The van der Waals surface area contributed by atoms with Crippen LogP contribution >= 0.6 is 0 Å². The largest absolute Gasteiger partial charge is 0.504 e. The maximum absolute atomic E-state index is 10.5. The number of hydrogen-bond donors (Lipinski definition) is 3. The zero-order valence-corrected chi connectivity index (χ0v) is 19.9. The van der Waals surface area contributed by atoms with Crippen molar-refractivity contribution in [3.8, 4) is 28.4 Å². The molecule has 0 saturated heterocycles. The molecule has 3 nitrogen and oxygen atoms in total. The van der Waals surface area contributed by atoms with Crippen molar-refractivity contribution in [1.82, 2.24) is 0 Å². The van der Waals surface area contributed by atoms with Crippen molar-refractivity contribution in [2.24, 2.45) is 0 Å².